The maximum Gasteiger partial charge on any atom is 0.357 e. The summed E-state index contributed by atoms with van der Waals surface area (Å²) in [6.45, 7) is 1.73. The number of hydrogen-bond acceptors (Lipinski definition) is 4. The summed E-state index contributed by atoms with van der Waals surface area (Å²) in [6, 6.07) is 16.9. The molecule has 3 aromatic rings. The Labute approximate surface area is 173 Å². The molecule has 6 nitrogen and oxygen atoms in total. The number of carbonyl (C=O) groups is 2. The van der Waals surface area contributed by atoms with Crippen molar-refractivity contribution in [3.05, 3.63) is 83.4 Å². The van der Waals surface area contributed by atoms with Crippen LogP contribution in [0.25, 0.3) is 5.69 Å². The maximum absolute atomic E-state index is 13.0. The van der Waals surface area contributed by atoms with Crippen LogP contribution in [0.5, 0.6) is 0 Å². The Morgan fingerprint density at radius 2 is 1.87 bits per heavy atom. The molecule has 1 aromatic heterocycles. The molecule has 7 heteroatoms. The molecule has 154 valence electrons. The predicted molar refractivity (Wildman–Crippen MR) is 109 cm³/mol. The molecule has 1 amide bonds. The van der Waals surface area contributed by atoms with Crippen LogP contribution in [0, 0.1) is 5.82 Å². The number of esters is 1. The number of amides is 1. The standard InChI is InChI=1S/C23H22FN3O3/c1-15(22(28)25-14-16-7-11-18(24)12-8-16)30-23(29)21-13-20(17-9-10-17)26-27(21)19-5-3-2-4-6-19/h2-8,11-13,15,17H,9-10,14H2,1H3,(H,25,28)/t15-/m1/s1. The molecule has 1 heterocycles. The van der Waals surface area contributed by atoms with E-state index in [1.165, 1.54) is 19.1 Å². The SMILES string of the molecule is C[C@@H](OC(=O)c1cc(C2CC2)nn1-c1ccccc1)C(=O)NCc1ccc(F)cc1. The van der Waals surface area contributed by atoms with Crippen LogP contribution >= 0.6 is 0 Å². The van der Waals surface area contributed by atoms with E-state index in [0.29, 0.717) is 11.6 Å². The number of carbonyl (C=O) groups excluding carboxylic acids is 2. The summed E-state index contributed by atoms with van der Waals surface area (Å²) in [6.07, 6.45) is 1.13. The van der Waals surface area contributed by atoms with Crippen LogP contribution in [-0.2, 0) is 16.1 Å². The Bertz CT molecular complexity index is 1040. The normalized spacial score (nSPS) is 14.2. The largest absolute Gasteiger partial charge is 0.448 e. The highest BCUT2D eigenvalue weighted by atomic mass is 19.1. The lowest BCUT2D eigenvalue weighted by Crippen LogP contribution is -2.35. The number of para-hydroxylation sites is 1. The quantitative estimate of drug-likeness (QED) is 0.606. The van der Waals surface area contributed by atoms with E-state index in [1.54, 1.807) is 22.9 Å². The summed E-state index contributed by atoms with van der Waals surface area (Å²) in [5.74, 6) is -1.01. The van der Waals surface area contributed by atoms with E-state index in [9.17, 15) is 14.0 Å². The van der Waals surface area contributed by atoms with Crippen molar-refractivity contribution < 1.29 is 18.7 Å². The zero-order chi connectivity index (χ0) is 21.1. The van der Waals surface area contributed by atoms with Crippen LogP contribution in [-0.4, -0.2) is 27.8 Å². The third kappa shape index (κ3) is 4.56. The van der Waals surface area contributed by atoms with Gasteiger partial charge in [-0.15, -0.1) is 0 Å². The van der Waals surface area contributed by atoms with Gasteiger partial charge in [-0.05, 0) is 55.7 Å². The second kappa shape index (κ2) is 8.49. The molecule has 0 bridgehead atoms. The minimum atomic E-state index is -0.985. The van der Waals surface area contributed by atoms with Crippen LogP contribution in [0.1, 0.15) is 47.4 Å². The van der Waals surface area contributed by atoms with Gasteiger partial charge in [0.25, 0.3) is 5.91 Å². The fourth-order valence-electron chi connectivity index (χ4n) is 3.10. The highest BCUT2D eigenvalue weighted by Crippen LogP contribution is 2.39. The van der Waals surface area contributed by atoms with Gasteiger partial charge in [0.1, 0.15) is 5.82 Å². The minimum absolute atomic E-state index is 0.217. The Hall–Kier alpha value is -3.48. The van der Waals surface area contributed by atoms with Gasteiger partial charge in [0.05, 0.1) is 11.4 Å². The highest BCUT2D eigenvalue weighted by Gasteiger charge is 2.30. The molecule has 1 fully saturated rings. The monoisotopic (exact) mass is 407 g/mol. The summed E-state index contributed by atoms with van der Waals surface area (Å²) in [4.78, 5) is 25.2. The highest BCUT2D eigenvalue weighted by molar-refractivity contribution is 5.91. The smallest absolute Gasteiger partial charge is 0.357 e. The third-order valence-corrected chi connectivity index (χ3v) is 4.97. The van der Waals surface area contributed by atoms with Crippen molar-refractivity contribution in [1.82, 2.24) is 15.1 Å². The molecule has 4 rings (SSSR count). The van der Waals surface area contributed by atoms with E-state index in [2.05, 4.69) is 10.4 Å². The Morgan fingerprint density at radius 3 is 2.53 bits per heavy atom. The number of nitrogens with one attached hydrogen (secondary N) is 1. The molecule has 1 aliphatic rings. The first-order valence-corrected chi connectivity index (χ1v) is 9.90. The van der Waals surface area contributed by atoms with Crippen molar-refractivity contribution in [3.63, 3.8) is 0 Å². The second-order valence-electron chi connectivity index (χ2n) is 7.37. The van der Waals surface area contributed by atoms with Crippen molar-refractivity contribution in [2.75, 3.05) is 0 Å². The molecule has 0 unspecified atom stereocenters. The fourth-order valence-corrected chi connectivity index (χ4v) is 3.10. The molecule has 0 aliphatic heterocycles. The molecule has 30 heavy (non-hydrogen) atoms. The van der Waals surface area contributed by atoms with Crippen LogP contribution in [0.2, 0.25) is 0 Å². The Morgan fingerprint density at radius 1 is 1.17 bits per heavy atom. The van der Waals surface area contributed by atoms with E-state index in [0.717, 1.165) is 29.8 Å². The first-order chi connectivity index (χ1) is 14.5. The van der Waals surface area contributed by atoms with E-state index in [-0.39, 0.29) is 12.4 Å². The van der Waals surface area contributed by atoms with E-state index >= 15 is 0 Å². The number of benzene rings is 2. The van der Waals surface area contributed by atoms with E-state index < -0.39 is 18.0 Å². The molecule has 0 radical (unpaired) electrons. The number of ether oxygens (including phenoxy) is 1. The zero-order valence-corrected chi connectivity index (χ0v) is 16.5. The van der Waals surface area contributed by atoms with Crippen molar-refractivity contribution >= 4 is 11.9 Å². The molecule has 0 saturated heterocycles. The third-order valence-electron chi connectivity index (χ3n) is 4.97. The molecule has 0 spiro atoms. The lowest BCUT2D eigenvalue weighted by molar-refractivity contribution is -0.129. The van der Waals surface area contributed by atoms with Gasteiger partial charge in [-0.2, -0.15) is 5.10 Å². The molecule has 1 N–H and O–H groups in total. The van der Waals surface area contributed by atoms with Gasteiger partial charge in [-0.3, -0.25) is 4.79 Å². The number of hydrogen-bond donors (Lipinski definition) is 1. The van der Waals surface area contributed by atoms with Gasteiger partial charge < -0.3 is 10.1 Å². The first kappa shape index (κ1) is 19.8. The molecular formula is C23H22FN3O3. The zero-order valence-electron chi connectivity index (χ0n) is 16.5. The van der Waals surface area contributed by atoms with Gasteiger partial charge in [-0.1, -0.05) is 30.3 Å². The van der Waals surface area contributed by atoms with Gasteiger partial charge >= 0.3 is 5.97 Å². The molecule has 2 aromatic carbocycles. The molecule has 1 atom stereocenters. The first-order valence-electron chi connectivity index (χ1n) is 9.90. The number of aromatic nitrogens is 2. The summed E-state index contributed by atoms with van der Waals surface area (Å²) in [5, 5.41) is 7.28. The molecule has 1 aliphatic carbocycles. The van der Waals surface area contributed by atoms with Gasteiger partial charge in [0, 0.05) is 12.5 Å². The summed E-state index contributed by atoms with van der Waals surface area (Å²) in [7, 11) is 0. The Kier molecular flexibility index (Phi) is 5.61. The molecule has 1 saturated carbocycles. The Balaban J connectivity index is 1.43. The number of nitrogens with zero attached hydrogens (tertiary/aromatic N) is 2. The number of halogens is 1. The van der Waals surface area contributed by atoms with Crippen molar-refractivity contribution in [2.24, 2.45) is 0 Å². The van der Waals surface area contributed by atoms with Crippen LogP contribution in [0.15, 0.2) is 60.7 Å². The maximum atomic E-state index is 13.0. The van der Waals surface area contributed by atoms with Crippen LogP contribution in [0.4, 0.5) is 4.39 Å². The van der Waals surface area contributed by atoms with E-state index in [4.69, 9.17) is 4.74 Å². The van der Waals surface area contributed by atoms with Crippen LogP contribution < -0.4 is 5.32 Å². The van der Waals surface area contributed by atoms with Gasteiger partial charge in [0.15, 0.2) is 11.8 Å². The average molecular weight is 407 g/mol. The molecular weight excluding hydrogens is 385 g/mol. The second-order valence-corrected chi connectivity index (χ2v) is 7.37. The predicted octanol–water partition coefficient (Wildman–Crippen LogP) is 3.75. The summed E-state index contributed by atoms with van der Waals surface area (Å²) >= 11 is 0. The number of rotatable bonds is 7. The lowest BCUT2D eigenvalue weighted by Gasteiger charge is -2.14. The van der Waals surface area contributed by atoms with Crippen molar-refractivity contribution in [3.8, 4) is 5.69 Å². The van der Waals surface area contributed by atoms with Crippen molar-refractivity contribution in [1.29, 1.82) is 0 Å². The fraction of sp³-hybridized carbons (Fsp3) is 0.261. The average Bonchev–Trinajstić information content (AvgIpc) is 3.51. The van der Waals surface area contributed by atoms with Crippen LogP contribution in [0.3, 0.4) is 0 Å². The topological polar surface area (TPSA) is 73.2 Å². The van der Waals surface area contributed by atoms with Gasteiger partial charge in [0.2, 0.25) is 0 Å². The summed E-state index contributed by atoms with van der Waals surface area (Å²) in [5.41, 5.74) is 2.66. The van der Waals surface area contributed by atoms with Crippen molar-refractivity contribution in [2.45, 2.75) is 38.3 Å². The van der Waals surface area contributed by atoms with E-state index in [1.807, 2.05) is 30.3 Å². The lowest BCUT2D eigenvalue weighted by atomic mass is 10.2. The minimum Gasteiger partial charge on any atom is -0.448 e. The van der Waals surface area contributed by atoms with Gasteiger partial charge in [-0.25, -0.2) is 13.9 Å². The summed E-state index contributed by atoms with van der Waals surface area (Å²) < 4.78 is 20.0.